The van der Waals surface area contributed by atoms with Crippen LogP contribution in [0.3, 0.4) is 0 Å². The first-order chi connectivity index (χ1) is 10.1. The molecule has 0 heterocycles. The van der Waals surface area contributed by atoms with E-state index in [0.29, 0.717) is 12.8 Å². The van der Waals surface area contributed by atoms with Gasteiger partial charge in [0, 0.05) is 4.47 Å². The van der Waals surface area contributed by atoms with Gasteiger partial charge >= 0.3 is 0 Å². The second kappa shape index (κ2) is 5.29. The summed E-state index contributed by atoms with van der Waals surface area (Å²) in [6, 6.07) is 16.3. The van der Waals surface area contributed by atoms with Crippen molar-refractivity contribution in [3.8, 4) is 6.07 Å². The highest BCUT2D eigenvalue weighted by molar-refractivity contribution is 9.10. The van der Waals surface area contributed by atoms with Crippen LogP contribution in [0.1, 0.15) is 28.4 Å². The second-order valence-corrected chi connectivity index (χ2v) is 6.66. The minimum absolute atomic E-state index is 0.607. The zero-order valence-electron chi connectivity index (χ0n) is 11.8. The highest BCUT2D eigenvalue weighted by atomic mass is 79.9. The van der Waals surface area contributed by atoms with Gasteiger partial charge in [0.2, 0.25) is 0 Å². The first kappa shape index (κ1) is 14.3. The molecule has 2 aromatic carbocycles. The molecule has 1 atom stereocenters. The lowest BCUT2D eigenvalue weighted by atomic mass is 9.77. The van der Waals surface area contributed by atoms with E-state index in [4.69, 9.17) is 0 Å². The fraction of sp³-hybridized carbons (Fsp3) is 0.278. The van der Waals surface area contributed by atoms with Crippen molar-refractivity contribution in [2.24, 2.45) is 5.41 Å². The van der Waals surface area contributed by atoms with Crippen LogP contribution in [0.5, 0.6) is 0 Å². The molecule has 1 N–H and O–H groups in total. The van der Waals surface area contributed by atoms with Gasteiger partial charge in [-0.15, -0.1) is 0 Å². The van der Waals surface area contributed by atoms with Gasteiger partial charge in [0.15, 0.2) is 0 Å². The number of aryl methyl sites for hydroxylation is 1. The van der Waals surface area contributed by atoms with Crippen molar-refractivity contribution in [2.75, 3.05) is 0 Å². The zero-order valence-corrected chi connectivity index (χ0v) is 13.4. The predicted molar refractivity (Wildman–Crippen MR) is 85.7 cm³/mol. The molecule has 1 unspecified atom stereocenters. The minimum Gasteiger partial charge on any atom is -0.387 e. The SMILES string of the molecule is Cc1cc(C(O)C2(C#N)Cc3ccccc3C2)ccc1Br. The van der Waals surface area contributed by atoms with Crippen LogP contribution in [0.2, 0.25) is 0 Å². The van der Waals surface area contributed by atoms with Gasteiger partial charge in [-0.2, -0.15) is 5.26 Å². The van der Waals surface area contributed by atoms with Crippen molar-refractivity contribution >= 4 is 15.9 Å². The molecule has 0 aromatic heterocycles. The van der Waals surface area contributed by atoms with Gasteiger partial charge in [0.25, 0.3) is 0 Å². The van der Waals surface area contributed by atoms with Crippen LogP contribution in [0.4, 0.5) is 0 Å². The van der Waals surface area contributed by atoms with Crippen molar-refractivity contribution in [1.29, 1.82) is 5.26 Å². The molecule has 0 amide bonds. The van der Waals surface area contributed by atoms with Gasteiger partial charge in [-0.25, -0.2) is 0 Å². The number of aliphatic hydroxyl groups is 1. The summed E-state index contributed by atoms with van der Waals surface area (Å²) in [5.74, 6) is 0. The van der Waals surface area contributed by atoms with Crippen molar-refractivity contribution in [3.05, 3.63) is 69.2 Å². The molecule has 0 bridgehead atoms. The summed E-state index contributed by atoms with van der Waals surface area (Å²) in [4.78, 5) is 0. The van der Waals surface area contributed by atoms with Crippen LogP contribution in [-0.2, 0) is 12.8 Å². The van der Waals surface area contributed by atoms with Gasteiger partial charge in [-0.05, 0) is 48.1 Å². The Morgan fingerprint density at radius 1 is 1.19 bits per heavy atom. The normalized spacial score (nSPS) is 17.0. The number of nitriles is 1. The van der Waals surface area contributed by atoms with Crippen LogP contribution < -0.4 is 0 Å². The first-order valence-electron chi connectivity index (χ1n) is 6.98. The summed E-state index contributed by atoms with van der Waals surface area (Å²) >= 11 is 3.47. The Morgan fingerprint density at radius 3 is 2.33 bits per heavy atom. The predicted octanol–water partition coefficient (Wildman–Crippen LogP) is 4.10. The average Bonchev–Trinajstić information content (AvgIpc) is 2.89. The van der Waals surface area contributed by atoms with Crippen LogP contribution in [-0.4, -0.2) is 5.11 Å². The molecule has 1 aliphatic carbocycles. The smallest absolute Gasteiger partial charge is 0.0982 e. The van der Waals surface area contributed by atoms with E-state index in [9.17, 15) is 10.4 Å². The van der Waals surface area contributed by atoms with Crippen molar-refractivity contribution in [2.45, 2.75) is 25.9 Å². The molecule has 3 heteroatoms. The molecule has 0 radical (unpaired) electrons. The van der Waals surface area contributed by atoms with E-state index in [-0.39, 0.29) is 0 Å². The van der Waals surface area contributed by atoms with Crippen LogP contribution >= 0.6 is 15.9 Å². The maximum atomic E-state index is 10.8. The highest BCUT2D eigenvalue weighted by Crippen LogP contribution is 2.45. The van der Waals surface area contributed by atoms with Crippen molar-refractivity contribution in [3.63, 3.8) is 0 Å². The summed E-state index contributed by atoms with van der Waals surface area (Å²) in [5, 5.41) is 20.5. The number of halogens is 1. The zero-order chi connectivity index (χ0) is 15.0. The summed E-state index contributed by atoms with van der Waals surface area (Å²) in [5.41, 5.74) is 3.46. The molecule has 1 aliphatic rings. The minimum atomic E-state index is -0.776. The third kappa shape index (κ3) is 2.39. The molecule has 0 spiro atoms. The lowest BCUT2D eigenvalue weighted by Crippen LogP contribution is -2.28. The van der Waals surface area contributed by atoms with E-state index in [1.165, 1.54) is 11.1 Å². The fourth-order valence-corrected chi connectivity index (χ4v) is 3.38. The molecule has 2 aromatic rings. The van der Waals surface area contributed by atoms with E-state index >= 15 is 0 Å². The number of aliphatic hydroxyl groups excluding tert-OH is 1. The Kier molecular flexibility index (Phi) is 3.61. The number of nitrogens with zero attached hydrogens (tertiary/aromatic N) is 1. The van der Waals surface area contributed by atoms with Gasteiger partial charge in [0.05, 0.1) is 17.6 Å². The molecule has 21 heavy (non-hydrogen) atoms. The molecular formula is C18H16BrNO. The quantitative estimate of drug-likeness (QED) is 0.893. The molecule has 0 fully saturated rings. The van der Waals surface area contributed by atoms with Crippen molar-refractivity contribution < 1.29 is 5.11 Å². The molecular weight excluding hydrogens is 326 g/mol. The number of benzene rings is 2. The van der Waals surface area contributed by atoms with E-state index in [2.05, 4.69) is 22.0 Å². The Bertz CT molecular complexity index is 707. The third-order valence-corrected chi connectivity index (χ3v) is 5.26. The van der Waals surface area contributed by atoms with E-state index in [0.717, 1.165) is 15.6 Å². The van der Waals surface area contributed by atoms with Gasteiger partial charge < -0.3 is 5.11 Å². The third-order valence-electron chi connectivity index (χ3n) is 4.37. The summed E-state index contributed by atoms with van der Waals surface area (Å²) in [6.07, 6.45) is 0.438. The maximum Gasteiger partial charge on any atom is 0.0982 e. The molecule has 2 nitrogen and oxygen atoms in total. The number of fused-ring (bicyclic) bond motifs is 1. The maximum absolute atomic E-state index is 10.8. The van der Waals surface area contributed by atoms with Crippen molar-refractivity contribution in [1.82, 2.24) is 0 Å². The topological polar surface area (TPSA) is 44.0 Å². The number of hydrogen-bond donors (Lipinski definition) is 1. The van der Waals surface area contributed by atoms with Gasteiger partial charge in [-0.1, -0.05) is 52.3 Å². The number of rotatable bonds is 2. The summed E-state index contributed by atoms with van der Waals surface area (Å²) < 4.78 is 1.01. The van der Waals surface area contributed by atoms with E-state index in [1.807, 2.05) is 49.4 Å². The lowest BCUT2D eigenvalue weighted by Gasteiger charge is -2.27. The lowest BCUT2D eigenvalue weighted by molar-refractivity contribution is 0.0693. The van der Waals surface area contributed by atoms with Gasteiger partial charge in [0.1, 0.15) is 0 Å². The Labute approximate surface area is 133 Å². The fourth-order valence-electron chi connectivity index (χ4n) is 3.14. The monoisotopic (exact) mass is 341 g/mol. The second-order valence-electron chi connectivity index (χ2n) is 5.80. The molecule has 0 aliphatic heterocycles. The Balaban J connectivity index is 1.98. The Hall–Kier alpha value is -1.63. The summed E-state index contributed by atoms with van der Waals surface area (Å²) in [6.45, 7) is 1.99. The van der Waals surface area contributed by atoms with E-state index < -0.39 is 11.5 Å². The highest BCUT2D eigenvalue weighted by Gasteiger charge is 2.44. The van der Waals surface area contributed by atoms with Crippen LogP contribution in [0.25, 0.3) is 0 Å². The standard InChI is InChI=1S/C18H16BrNO/c1-12-8-13(6-7-16(12)19)17(21)18(11-20)9-14-4-2-3-5-15(14)10-18/h2-8,17,21H,9-10H2,1H3. The summed E-state index contributed by atoms with van der Waals surface area (Å²) in [7, 11) is 0. The molecule has 3 rings (SSSR count). The van der Waals surface area contributed by atoms with E-state index in [1.54, 1.807) is 0 Å². The van der Waals surface area contributed by atoms with Crippen LogP contribution in [0, 0.1) is 23.7 Å². The van der Waals surface area contributed by atoms with Gasteiger partial charge in [-0.3, -0.25) is 0 Å². The molecule has 0 saturated carbocycles. The Morgan fingerprint density at radius 2 is 1.81 bits per heavy atom. The average molecular weight is 342 g/mol. The van der Waals surface area contributed by atoms with Crippen LogP contribution in [0.15, 0.2) is 46.9 Å². The largest absolute Gasteiger partial charge is 0.387 e. The molecule has 0 saturated heterocycles. The number of hydrogen-bond acceptors (Lipinski definition) is 2. The first-order valence-corrected chi connectivity index (χ1v) is 7.77. The molecule has 106 valence electrons.